The van der Waals surface area contributed by atoms with Crippen LogP contribution in [0.15, 0.2) is 16.7 Å². The molecule has 1 unspecified atom stereocenters. The number of nitrogens with one attached hydrogen (secondary N) is 1. The highest BCUT2D eigenvalue weighted by Gasteiger charge is 2.21. The third-order valence-electron chi connectivity index (χ3n) is 1.96. The van der Waals surface area contributed by atoms with E-state index in [1.165, 1.54) is 10.6 Å². The number of rotatable bonds is 4. The monoisotopic (exact) mass is 292 g/mol. The number of aliphatic carboxylic acids is 1. The molecular formula is C9H10BrFN2O3. The van der Waals surface area contributed by atoms with Crippen LogP contribution in [0, 0.1) is 0 Å². The lowest BCUT2D eigenvalue weighted by molar-refractivity contribution is -0.139. The molecule has 1 atom stereocenters. The first kappa shape index (κ1) is 12.7. The standard InChI is InChI=1S/C9H10BrFN2O3/c1-13-4-5(10)2-7(13)8(14)12-6(3-11)9(15)16/h2,4,6H,3H2,1H3,(H,12,14)(H,15,16). The molecule has 2 N–H and O–H groups in total. The van der Waals surface area contributed by atoms with E-state index in [0.717, 1.165) is 0 Å². The normalized spacial score (nSPS) is 12.2. The second-order valence-electron chi connectivity index (χ2n) is 3.17. The molecule has 0 saturated heterocycles. The van der Waals surface area contributed by atoms with Crippen LogP contribution in [-0.2, 0) is 11.8 Å². The quantitative estimate of drug-likeness (QED) is 0.868. The van der Waals surface area contributed by atoms with Crippen molar-refractivity contribution in [3.8, 4) is 0 Å². The predicted octanol–water partition coefficient (Wildman–Crippen LogP) is 0.940. The molecule has 1 aromatic rings. The molecule has 0 aliphatic carbocycles. The predicted molar refractivity (Wildman–Crippen MR) is 58.0 cm³/mol. The number of carboxylic acids is 1. The average Bonchev–Trinajstić information content (AvgIpc) is 2.53. The molecule has 0 spiro atoms. The number of carboxylic acid groups (broad SMARTS) is 1. The van der Waals surface area contributed by atoms with Crippen molar-refractivity contribution in [2.24, 2.45) is 7.05 Å². The minimum absolute atomic E-state index is 0.256. The lowest BCUT2D eigenvalue weighted by Crippen LogP contribution is -2.42. The van der Waals surface area contributed by atoms with Gasteiger partial charge in [-0.05, 0) is 22.0 Å². The Morgan fingerprint density at radius 3 is 2.69 bits per heavy atom. The molecule has 0 saturated carbocycles. The zero-order valence-electron chi connectivity index (χ0n) is 8.41. The minimum atomic E-state index is -1.51. The van der Waals surface area contributed by atoms with E-state index in [9.17, 15) is 14.0 Å². The fraction of sp³-hybridized carbons (Fsp3) is 0.333. The van der Waals surface area contributed by atoms with Crippen LogP contribution in [-0.4, -0.2) is 34.3 Å². The summed E-state index contributed by atoms with van der Waals surface area (Å²) in [6.07, 6.45) is 1.64. The number of carbonyl (C=O) groups excluding carboxylic acids is 1. The Bertz CT molecular complexity index is 419. The number of hydrogen-bond acceptors (Lipinski definition) is 2. The van der Waals surface area contributed by atoms with Crippen LogP contribution in [0.25, 0.3) is 0 Å². The molecule has 0 aromatic carbocycles. The fourth-order valence-electron chi connectivity index (χ4n) is 1.15. The minimum Gasteiger partial charge on any atom is -0.480 e. The molecule has 16 heavy (non-hydrogen) atoms. The van der Waals surface area contributed by atoms with Gasteiger partial charge in [0.15, 0.2) is 6.04 Å². The summed E-state index contributed by atoms with van der Waals surface area (Å²) in [5, 5.41) is 10.7. The maximum Gasteiger partial charge on any atom is 0.328 e. The Morgan fingerprint density at radius 1 is 1.69 bits per heavy atom. The number of aromatic nitrogens is 1. The van der Waals surface area contributed by atoms with Crippen LogP contribution < -0.4 is 5.32 Å². The van der Waals surface area contributed by atoms with Gasteiger partial charge in [-0.25, -0.2) is 9.18 Å². The summed E-state index contributed by atoms with van der Waals surface area (Å²) in [5.41, 5.74) is 0.256. The van der Waals surface area contributed by atoms with Crippen molar-refractivity contribution in [1.29, 1.82) is 0 Å². The van der Waals surface area contributed by atoms with E-state index in [-0.39, 0.29) is 5.69 Å². The zero-order valence-corrected chi connectivity index (χ0v) is 9.99. The summed E-state index contributed by atoms with van der Waals surface area (Å²) < 4.78 is 14.5. The van der Waals surface area contributed by atoms with Crippen LogP contribution in [0.5, 0.6) is 0 Å². The Kier molecular flexibility index (Phi) is 4.05. The molecular weight excluding hydrogens is 283 g/mol. The number of aryl methyl sites for hydroxylation is 1. The van der Waals surface area contributed by atoms with Gasteiger partial charge in [0.1, 0.15) is 12.4 Å². The van der Waals surface area contributed by atoms with Crippen LogP contribution in [0.3, 0.4) is 0 Å². The van der Waals surface area contributed by atoms with Crippen molar-refractivity contribution in [2.75, 3.05) is 6.67 Å². The molecule has 7 heteroatoms. The smallest absolute Gasteiger partial charge is 0.328 e. The van der Waals surface area contributed by atoms with E-state index in [2.05, 4.69) is 21.2 Å². The summed E-state index contributed by atoms with van der Waals surface area (Å²) in [4.78, 5) is 22.1. The average molecular weight is 293 g/mol. The van der Waals surface area contributed by atoms with Gasteiger partial charge < -0.3 is 15.0 Å². The molecule has 5 nitrogen and oxygen atoms in total. The molecule has 1 rings (SSSR count). The Hall–Kier alpha value is -1.37. The van der Waals surface area contributed by atoms with Gasteiger partial charge in [-0.15, -0.1) is 0 Å². The number of carbonyl (C=O) groups is 2. The highest BCUT2D eigenvalue weighted by atomic mass is 79.9. The van der Waals surface area contributed by atoms with Crippen LogP contribution in [0.1, 0.15) is 10.5 Å². The van der Waals surface area contributed by atoms with Crippen molar-refractivity contribution in [3.63, 3.8) is 0 Å². The second kappa shape index (κ2) is 5.11. The second-order valence-corrected chi connectivity index (χ2v) is 4.09. The summed E-state index contributed by atoms with van der Waals surface area (Å²) >= 11 is 3.17. The topological polar surface area (TPSA) is 71.3 Å². The SMILES string of the molecule is Cn1cc(Br)cc1C(=O)NC(CF)C(=O)O. The number of alkyl halides is 1. The number of nitrogens with zero attached hydrogens (tertiary/aromatic N) is 1. The number of halogens is 2. The maximum absolute atomic E-state index is 12.3. The highest BCUT2D eigenvalue weighted by Crippen LogP contribution is 2.13. The zero-order chi connectivity index (χ0) is 12.3. The van der Waals surface area contributed by atoms with Gasteiger partial charge in [0.25, 0.3) is 5.91 Å². The lowest BCUT2D eigenvalue weighted by Gasteiger charge is -2.10. The summed E-state index contributed by atoms with van der Waals surface area (Å²) in [6.45, 7) is -1.15. The van der Waals surface area contributed by atoms with Crippen molar-refractivity contribution in [2.45, 2.75) is 6.04 Å². The largest absolute Gasteiger partial charge is 0.480 e. The van der Waals surface area contributed by atoms with Crippen LogP contribution >= 0.6 is 15.9 Å². The molecule has 0 aliphatic rings. The lowest BCUT2D eigenvalue weighted by atomic mass is 10.3. The van der Waals surface area contributed by atoms with Gasteiger partial charge in [0.2, 0.25) is 0 Å². The molecule has 1 heterocycles. The summed E-state index contributed by atoms with van der Waals surface area (Å²) in [6, 6.07) is 0.00751. The van der Waals surface area contributed by atoms with E-state index in [1.54, 1.807) is 13.2 Å². The van der Waals surface area contributed by atoms with Gasteiger partial charge >= 0.3 is 5.97 Å². The van der Waals surface area contributed by atoms with Crippen molar-refractivity contribution < 1.29 is 19.1 Å². The first-order valence-electron chi connectivity index (χ1n) is 4.37. The molecule has 88 valence electrons. The summed E-state index contributed by atoms with van der Waals surface area (Å²) in [5.74, 6) is -2.03. The van der Waals surface area contributed by atoms with E-state index in [4.69, 9.17) is 5.11 Å². The van der Waals surface area contributed by atoms with Gasteiger partial charge in [0, 0.05) is 17.7 Å². The summed E-state index contributed by atoms with van der Waals surface area (Å²) in [7, 11) is 1.63. The maximum atomic E-state index is 12.3. The van der Waals surface area contributed by atoms with Crippen LogP contribution in [0.4, 0.5) is 4.39 Å². The van der Waals surface area contributed by atoms with E-state index < -0.39 is 24.6 Å². The Labute approximate surface area is 99.4 Å². The van der Waals surface area contributed by atoms with Crippen LogP contribution in [0.2, 0.25) is 0 Å². The molecule has 0 bridgehead atoms. The third-order valence-corrected chi connectivity index (χ3v) is 2.40. The van der Waals surface area contributed by atoms with Crippen molar-refractivity contribution in [3.05, 3.63) is 22.4 Å². The Morgan fingerprint density at radius 2 is 2.31 bits per heavy atom. The first-order valence-corrected chi connectivity index (χ1v) is 5.16. The van der Waals surface area contributed by atoms with Gasteiger partial charge in [0.05, 0.1) is 0 Å². The van der Waals surface area contributed by atoms with E-state index >= 15 is 0 Å². The third kappa shape index (κ3) is 2.82. The Balaban J connectivity index is 2.79. The van der Waals surface area contributed by atoms with Gasteiger partial charge in [-0.1, -0.05) is 0 Å². The molecule has 0 aliphatic heterocycles. The highest BCUT2D eigenvalue weighted by molar-refractivity contribution is 9.10. The molecule has 0 radical (unpaired) electrons. The van der Waals surface area contributed by atoms with Crippen molar-refractivity contribution >= 4 is 27.8 Å². The fourth-order valence-corrected chi connectivity index (χ4v) is 1.67. The van der Waals surface area contributed by atoms with Crippen molar-refractivity contribution in [1.82, 2.24) is 9.88 Å². The van der Waals surface area contributed by atoms with E-state index in [1.807, 2.05) is 0 Å². The number of hydrogen-bond donors (Lipinski definition) is 2. The van der Waals surface area contributed by atoms with Gasteiger partial charge in [-0.2, -0.15) is 0 Å². The number of amides is 1. The molecule has 0 fully saturated rings. The van der Waals surface area contributed by atoms with Gasteiger partial charge in [-0.3, -0.25) is 4.79 Å². The van der Waals surface area contributed by atoms with E-state index in [0.29, 0.717) is 4.47 Å². The molecule has 1 amide bonds. The first-order chi connectivity index (χ1) is 7.45. The molecule has 1 aromatic heterocycles.